The van der Waals surface area contributed by atoms with E-state index in [9.17, 15) is 9.90 Å². The number of hydrogen-bond acceptors (Lipinski definition) is 8. The molecule has 61 heavy (non-hydrogen) atoms. The van der Waals surface area contributed by atoms with Gasteiger partial charge in [-0.1, -0.05) is 146 Å². The number of aliphatic hydroxyl groups excluding tert-OH is 1. The second-order valence-electron chi connectivity index (χ2n) is 14.9. The first kappa shape index (κ1) is 41.1. The van der Waals surface area contributed by atoms with Crippen molar-refractivity contribution in [1.29, 1.82) is 0 Å². The number of benzene rings is 6. The van der Waals surface area contributed by atoms with Crippen molar-refractivity contribution in [3.8, 4) is 11.5 Å². The number of nitrogens with one attached hydrogen (secondary N) is 1. The Morgan fingerprint density at radius 1 is 0.656 bits per heavy atom. The van der Waals surface area contributed by atoms with Crippen LogP contribution in [0.3, 0.4) is 0 Å². The quantitative estimate of drug-likeness (QED) is 0.105. The maximum atomic E-state index is 17.4. The summed E-state index contributed by atoms with van der Waals surface area (Å²) in [5.41, 5.74) is 0.384. The second kappa shape index (κ2) is 17.1. The molecule has 1 unspecified atom stereocenters. The van der Waals surface area contributed by atoms with E-state index in [0.717, 1.165) is 21.3 Å². The van der Waals surface area contributed by atoms with Gasteiger partial charge in [-0.25, -0.2) is 4.79 Å². The monoisotopic (exact) mass is 821 g/mol. The highest BCUT2D eigenvalue weighted by Gasteiger charge is 2.64. The number of alkyl halides is 2. The predicted octanol–water partition coefficient (Wildman–Crippen LogP) is 8.96. The summed E-state index contributed by atoms with van der Waals surface area (Å²) in [6, 6.07) is 53.4. The van der Waals surface area contributed by atoms with E-state index in [-0.39, 0.29) is 5.82 Å². The Kier molecular flexibility index (Phi) is 11.5. The van der Waals surface area contributed by atoms with Gasteiger partial charge >= 0.3 is 11.6 Å². The van der Waals surface area contributed by atoms with Gasteiger partial charge in [-0.05, 0) is 70.6 Å². The molecule has 8 rings (SSSR count). The van der Waals surface area contributed by atoms with Gasteiger partial charge in [0.25, 0.3) is 0 Å². The van der Waals surface area contributed by atoms with Crippen LogP contribution in [-0.4, -0.2) is 53.1 Å². The molecule has 9 nitrogen and oxygen atoms in total. The molecule has 310 valence electrons. The van der Waals surface area contributed by atoms with Gasteiger partial charge in [0.1, 0.15) is 34.6 Å². The first-order valence-corrected chi connectivity index (χ1v) is 19.9. The number of hydrogen-bond donors (Lipinski definition) is 2. The smallest absolute Gasteiger partial charge is 0.351 e. The van der Waals surface area contributed by atoms with Crippen LogP contribution >= 0.6 is 0 Å². The minimum atomic E-state index is -3.88. The fourth-order valence-corrected chi connectivity index (χ4v) is 8.29. The molecule has 6 aromatic carbocycles. The van der Waals surface area contributed by atoms with E-state index in [1.165, 1.54) is 19.2 Å². The van der Waals surface area contributed by atoms with E-state index in [4.69, 9.17) is 18.9 Å². The third kappa shape index (κ3) is 7.56. The highest BCUT2D eigenvalue weighted by atomic mass is 19.3. The van der Waals surface area contributed by atoms with Crippen molar-refractivity contribution in [2.45, 2.75) is 48.5 Å². The van der Waals surface area contributed by atoms with Gasteiger partial charge in [0.2, 0.25) is 6.23 Å². The number of methoxy groups -OCH3 is 2. The molecule has 1 fully saturated rings. The van der Waals surface area contributed by atoms with Gasteiger partial charge in [-0.2, -0.15) is 13.8 Å². The molecule has 2 N–H and O–H groups in total. The Morgan fingerprint density at radius 3 is 1.49 bits per heavy atom. The van der Waals surface area contributed by atoms with Crippen LogP contribution in [0.25, 0.3) is 0 Å². The zero-order valence-electron chi connectivity index (χ0n) is 33.8. The van der Waals surface area contributed by atoms with Crippen LogP contribution in [0.15, 0.2) is 187 Å². The normalized spacial score (nSPS) is 18.0. The maximum Gasteiger partial charge on any atom is 0.351 e. The summed E-state index contributed by atoms with van der Waals surface area (Å²) in [4.78, 5) is 18.5. The van der Waals surface area contributed by atoms with E-state index in [1.807, 2.05) is 97.1 Å². The molecular formula is C50H45F2N3O6. The first-order chi connectivity index (χ1) is 29.6. The summed E-state index contributed by atoms with van der Waals surface area (Å²) in [5, 5.41) is 14.6. The van der Waals surface area contributed by atoms with Crippen molar-refractivity contribution in [3.05, 3.63) is 226 Å². The zero-order valence-corrected chi connectivity index (χ0v) is 33.8. The number of ether oxygens (including phenoxy) is 4. The lowest BCUT2D eigenvalue weighted by Crippen LogP contribution is -2.50. The third-order valence-electron chi connectivity index (χ3n) is 11.3. The summed E-state index contributed by atoms with van der Waals surface area (Å²) in [6.07, 6.45) is -6.04. The lowest BCUT2D eigenvalue weighted by Gasteiger charge is -2.40. The minimum Gasteiger partial charge on any atom is -0.497 e. The summed E-state index contributed by atoms with van der Waals surface area (Å²) in [6.45, 7) is 1.36. The number of rotatable bonds is 14. The van der Waals surface area contributed by atoms with Crippen molar-refractivity contribution < 1.29 is 32.8 Å². The Bertz CT molecular complexity index is 2500. The van der Waals surface area contributed by atoms with E-state index in [2.05, 4.69) is 10.3 Å². The number of anilines is 1. The van der Waals surface area contributed by atoms with Gasteiger partial charge < -0.3 is 29.4 Å². The molecule has 0 radical (unpaired) electrons. The first-order valence-electron chi connectivity index (χ1n) is 19.9. The van der Waals surface area contributed by atoms with Crippen LogP contribution in [0.2, 0.25) is 0 Å². The molecule has 0 spiro atoms. The lowest BCUT2D eigenvalue weighted by atomic mass is 9.77. The van der Waals surface area contributed by atoms with Crippen molar-refractivity contribution in [2.24, 2.45) is 0 Å². The van der Waals surface area contributed by atoms with Crippen molar-refractivity contribution in [2.75, 3.05) is 19.5 Å². The summed E-state index contributed by atoms with van der Waals surface area (Å²) < 4.78 is 59.4. The van der Waals surface area contributed by atoms with Gasteiger partial charge in [0.15, 0.2) is 6.10 Å². The molecule has 0 amide bonds. The number of nitrogens with zero attached hydrogens (tertiary/aromatic N) is 2. The Morgan fingerprint density at radius 2 is 1.07 bits per heavy atom. The Balaban J connectivity index is 1.22. The molecule has 4 atom stereocenters. The molecule has 0 bridgehead atoms. The minimum absolute atomic E-state index is 0.123. The largest absolute Gasteiger partial charge is 0.497 e. The molecule has 2 heterocycles. The van der Waals surface area contributed by atoms with Crippen LogP contribution in [-0.2, 0) is 20.6 Å². The Hall–Kier alpha value is -6.66. The summed E-state index contributed by atoms with van der Waals surface area (Å²) >= 11 is 0. The van der Waals surface area contributed by atoms with Gasteiger partial charge in [0.05, 0.1) is 20.3 Å². The molecule has 0 aliphatic carbocycles. The fraction of sp³-hybridized carbons (Fsp3) is 0.200. The third-order valence-corrected chi connectivity index (χ3v) is 11.3. The molecule has 1 saturated heterocycles. The van der Waals surface area contributed by atoms with Crippen LogP contribution < -0.4 is 20.5 Å². The second-order valence-corrected chi connectivity index (χ2v) is 14.9. The van der Waals surface area contributed by atoms with Crippen molar-refractivity contribution in [3.63, 3.8) is 0 Å². The number of aromatic nitrogens is 2. The van der Waals surface area contributed by atoms with Crippen LogP contribution in [0.4, 0.5) is 14.6 Å². The lowest BCUT2D eigenvalue weighted by molar-refractivity contribution is -0.182. The standard InChI is InChI=1S/C50H45F2N3O6/c1-34(56)44-45(61-49(38-20-12-6-13-21-38,39-22-14-7-15-23-39)40-26-30-42(59-3)31-27-40)50(51,52)46(60-44)55-33-32-43(53-47(55)57)54-48(35-16-8-4-9-17-35,36-18-10-5-11-19-36)37-24-28-41(58-2)29-25-37/h4-34,44-46,56H,1-3H3,(H,53,54,57)/t34-,44-,45-,46?/m1/s1. The van der Waals surface area contributed by atoms with Crippen LogP contribution in [0.1, 0.15) is 46.5 Å². The Labute approximate surface area is 352 Å². The zero-order chi connectivity index (χ0) is 42.6. The number of aliphatic hydroxyl groups is 1. The average Bonchev–Trinajstić information content (AvgIpc) is 3.57. The van der Waals surface area contributed by atoms with Crippen molar-refractivity contribution in [1.82, 2.24) is 9.55 Å². The molecule has 7 aromatic rings. The highest BCUT2D eigenvalue weighted by molar-refractivity contribution is 5.58. The van der Waals surface area contributed by atoms with E-state index in [1.54, 1.807) is 87.0 Å². The van der Waals surface area contributed by atoms with Crippen molar-refractivity contribution >= 4 is 5.82 Å². The van der Waals surface area contributed by atoms with Gasteiger partial charge in [-0.15, -0.1) is 0 Å². The van der Waals surface area contributed by atoms with E-state index < -0.39 is 47.3 Å². The van der Waals surface area contributed by atoms with E-state index in [0.29, 0.717) is 28.2 Å². The SMILES string of the molecule is COc1ccc(C(Nc2ccn(C3O[C@H]([C@@H](C)O)[C@@H](OC(c4ccccc4)(c4ccccc4)c4ccc(OC)cc4)C3(F)F)c(=O)n2)(c2ccccc2)c2ccccc2)cc1. The molecule has 1 aromatic heterocycles. The summed E-state index contributed by atoms with van der Waals surface area (Å²) in [5.74, 6) is -2.54. The molecular weight excluding hydrogens is 777 g/mol. The van der Waals surface area contributed by atoms with Gasteiger partial charge in [0, 0.05) is 6.20 Å². The van der Waals surface area contributed by atoms with Crippen LogP contribution in [0, 0.1) is 0 Å². The predicted molar refractivity (Wildman–Crippen MR) is 229 cm³/mol. The molecule has 11 heteroatoms. The molecule has 1 aliphatic rings. The summed E-state index contributed by atoms with van der Waals surface area (Å²) in [7, 11) is 3.13. The molecule has 0 saturated carbocycles. The van der Waals surface area contributed by atoms with Crippen LogP contribution in [0.5, 0.6) is 11.5 Å². The average molecular weight is 822 g/mol. The topological polar surface area (TPSA) is 104 Å². The van der Waals surface area contributed by atoms with E-state index >= 15 is 8.78 Å². The number of halogens is 2. The fourth-order valence-electron chi connectivity index (χ4n) is 8.29. The van der Waals surface area contributed by atoms with Gasteiger partial charge in [-0.3, -0.25) is 4.57 Å². The molecule has 1 aliphatic heterocycles. The maximum absolute atomic E-state index is 17.4. The highest BCUT2D eigenvalue weighted by Crippen LogP contribution is 2.51.